The molecule has 0 unspecified atom stereocenters. The molecule has 0 aliphatic carbocycles. The molecule has 0 atom stereocenters. The first kappa shape index (κ1) is 35.6. The molecule has 0 spiro atoms. The van der Waals surface area contributed by atoms with Crippen LogP contribution < -0.4 is 4.74 Å². The smallest absolute Gasteiger partial charge is 0.279 e. The fourth-order valence-electron chi connectivity index (χ4n) is 4.24. The topological polar surface area (TPSA) is 89.4 Å². The van der Waals surface area contributed by atoms with Crippen LogP contribution in [0, 0.1) is 11.6 Å². The van der Waals surface area contributed by atoms with Gasteiger partial charge in [0.15, 0.2) is 27.6 Å². The van der Waals surface area contributed by atoms with Crippen molar-refractivity contribution in [2.24, 2.45) is 0 Å². The molecule has 0 aliphatic heterocycles. The second kappa shape index (κ2) is 17.6. The highest BCUT2D eigenvalue weighted by atomic mass is 35.5. The minimum atomic E-state index is -0.633. The number of nitrogens with zero attached hydrogens (tertiary/aromatic N) is 2. The van der Waals surface area contributed by atoms with E-state index in [0.717, 1.165) is 31.6 Å². The summed E-state index contributed by atoms with van der Waals surface area (Å²) < 4.78 is 35.3. The lowest BCUT2D eigenvalue weighted by molar-refractivity contribution is -0.119. The third kappa shape index (κ3) is 10.9. The van der Waals surface area contributed by atoms with Gasteiger partial charge in [-0.2, -0.15) is 0 Å². The monoisotopic (exact) mass is 694 g/mol. The molecule has 2 heterocycles. The van der Waals surface area contributed by atoms with E-state index in [2.05, 4.69) is 9.97 Å². The Labute approximate surface area is 284 Å². The van der Waals surface area contributed by atoms with Crippen molar-refractivity contribution in [2.45, 2.75) is 52.4 Å². The molecule has 0 bridgehead atoms. The van der Waals surface area contributed by atoms with Gasteiger partial charge < -0.3 is 9.84 Å². The van der Waals surface area contributed by atoms with E-state index < -0.39 is 11.6 Å². The van der Waals surface area contributed by atoms with Crippen molar-refractivity contribution in [2.75, 3.05) is 0 Å². The van der Waals surface area contributed by atoms with Crippen LogP contribution in [0.15, 0.2) is 84.9 Å². The zero-order valence-electron chi connectivity index (χ0n) is 25.8. The lowest BCUT2D eigenvalue weighted by Crippen LogP contribution is -1.98. The number of hydrogen-bond donors (Lipinski definition) is 1. The molecular formula is C36H33ClF2N2O4S2. The average Bonchev–Trinajstić information content (AvgIpc) is 3.67. The van der Waals surface area contributed by atoms with Crippen molar-refractivity contribution in [3.05, 3.63) is 112 Å². The van der Waals surface area contributed by atoms with Gasteiger partial charge in [-0.3, -0.25) is 9.59 Å². The zero-order chi connectivity index (χ0) is 33.8. The number of ether oxygens (including phenoxy) is 1. The molecule has 4 aromatic carbocycles. The lowest BCUT2D eigenvalue weighted by Gasteiger charge is -2.05. The molecule has 0 amide bonds. The summed E-state index contributed by atoms with van der Waals surface area (Å²) in [6.07, 6.45) is 2.98. The Morgan fingerprint density at radius 1 is 0.745 bits per heavy atom. The fourth-order valence-corrected chi connectivity index (χ4v) is 6.10. The van der Waals surface area contributed by atoms with Gasteiger partial charge in [0.05, 0.1) is 20.4 Å². The van der Waals surface area contributed by atoms with Gasteiger partial charge in [0, 0.05) is 25.7 Å². The summed E-state index contributed by atoms with van der Waals surface area (Å²) in [6.45, 7) is 3.64. The number of phenolic OH excluding ortho intramolecular Hbond substituents is 1. The van der Waals surface area contributed by atoms with E-state index in [-0.39, 0.29) is 23.1 Å². The van der Waals surface area contributed by atoms with Gasteiger partial charge in [-0.05, 0) is 72.5 Å². The number of aryl methyl sites for hydroxylation is 2. The highest BCUT2D eigenvalue weighted by Crippen LogP contribution is 2.32. The first-order valence-electron chi connectivity index (χ1n) is 15.0. The minimum absolute atomic E-state index is 0.148. The Morgan fingerprint density at radius 2 is 1.28 bits per heavy atom. The van der Waals surface area contributed by atoms with Crippen LogP contribution >= 0.6 is 34.3 Å². The van der Waals surface area contributed by atoms with Crippen LogP contribution in [0.25, 0.3) is 20.4 Å². The van der Waals surface area contributed by atoms with E-state index in [0.29, 0.717) is 48.2 Å². The Kier molecular flexibility index (Phi) is 13.3. The van der Waals surface area contributed by atoms with Crippen molar-refractivity contribution >= 4 is 66.3 Å². The number of halogens is 3. The molecule has 0 saturated carbocycles. The number of hydrogen-bond acceptors (Lipinski definition) is 8. The number of fused-ring (bicyclic) bond motifs is 2. The predicted octanol–water partition coefficient (Wildman–Crippen LogP) is 10.5. The summed E-state index contributed by atoms with van der Waals surface area (Å²) in [4.78, 5) is 30.8. The fraction of sp³-hybridized carbons (Fsp3) is 0.222. The van der Waals surface area contributed by atoms with Crippen LogP contribution in [0.1, 0.15) is 50.7 Å². The molecule has 6 rings (SSSR count). The van der Waals surface area contributed by atoms with Gasteiger partial charge in [0.2, 0.25) is 0 Å². The number of aromatic nitrogens is 2. The van der Waals surface area contributed by atoms with Gasteiger partial charge in [0.25, 0.3) is 5.19 Å². The lowest BCUT2D eigenvalue weighted by atomic mass is 10.1. The van der Waals surface area contributed by atoms with Crippen LogP contribution in [0.5, 0.6) is 16.7 Å². The van der Waals surface area contributed by atoms with Gasteiger partial charge in [-0.15, -0.1) is 11.3 Å². The SMILES string of the molecule is CCC(=O)CCc1ccc(O)c(F)c1.CCC(=O)CCc1ccc(Oc2nc3ccccc3s2)c(F)c1.Clc1nc2ccccc2s1. The molecule has 47 heavy (non-hydrogen) atoms. The normalized spacial score (nSPS) is 10.6. The number of Topliss-reactive ketones (excluding diaryl/α,β-unsaturated/α-hetero) is 2. The van der Waals surface area contributed by atoms with Crippen LogP contribution in [0.4, 0.5) is 8.78 Å². The van der Waals surface area contributed by atoms with E-state index in [1.54, 1.807) is 25.1 Å². The standard InChI is InChI=1S/C18H16FNO2S.C11H13FO2.C7H4ClNS/c1-2-13(21)9-7-12-8-10-16(14(19)11-12)22-18-20-15-5-3-4-6-17(15)23-18;1-2-9(13)5-3-8-4-6-11(14)10(12)7-8;8-7-9-5-3-1-2-4-6(5)10-7/h3-6,8,10-11H,2,7,9H2,1H3;4,6-7,14H,2-3,5H2,1H3;1-4H. The van der Waals surface area contributed by atoms with Gasteiger partial charge in [-0.25, -0.2) is 18.7 Å². The molecule has 0 aliphatic rings. The summed E-state index contributed by atoms with van der Waals surface area (Å²) in [6, 6.07) is 24.6. The molecule has 11 heteroatoms. The maximum Gasteiger partial charge on any atom is 0.279 e. The second-order valence-electron chi connectivity index (χ2n) is 10.3. The van der Waals surface area contributed by atoms with Gasteiger partial charge in [0.1, 0.15) is 11.6 Å². The second-order valence-corrected chi connectivity index (χ2v) is 12.9. The largest absolute Gasteiger partial charge is 0.505 e. The summed E-state index contributed by atoms with van der Waals surface area (Å²) in [5.74, 6) is -0.930. The summed E-state index contributed by atoms with van der Waals surface area (Å²) in [7, 11) is 0. The molecular weight excluding hydrogens is 662 g/mol. The molecule has 0 fully saturated rings. The molecule has 244 valence electrons. The van der Waals surface area contributed by atoms with Crippen molar-refractivity contribution in [3.63, 3.8) is 0 Å². The van der Waals surface area contributed by atoms with E-state index in [1.165, 1.54) is 40.9 Å². The van der Waals surface area contributed by atoms with Crippen molar-refractivity contribution in [3.8, 4) is 16.7 Å². The third-order valence-corrected chi connectivity index (χ3v) is 8.98. The van der Waals surface area contributed by atoms with E-state index >= 15 is 0 Å². The van der Waals surface area contributed by atoms with Crippen molar-refractivity contribution in [1.29, 1.82) is 0 Å². The highest BCUT2D eigenvalue weighted by molar-refractivity contribution is 7.22. The number of phenols is 1. The Bertz CT molecular complexity index is 1890. The Morgan fingerprint density at radius 3 is 1.81 bits per heavy atom. The molecule has 6 aromatic rings. The number of benzene rings is 4. The number of ketones is 2. The number of para-hydroxylation sites is 2. The zero-order valence-corrected chi connectivity index (χ0v) is 28.2. The third-order valence-electron chi connectivity index (χ3n) is 6.92. The minimum Gasteiger partial charge on any atom is -0.505 e. The van der Waals surface area contributed by atoms with Crippen LogP contribution in [0.2, 0.25) is 4.47 Å². The van der Waals surface area contributed by atoms with Crippen molar-refractivity contribution < 1.29 is 28.2 Å². The number of thiazole rings is 2. The number of carbonyl (C=O) groups is 2. The predicted molar refractivity (Wildman–Crippen MR) is 186 cm³/mol. The van der Waals surface area contributed by atoms with Crippen LogP contribution in [-0.2, 0) is 22.4 Å². The van der Waals surface area contributed by atoms with Crippen LogP contribution in [0.3, 0.4) is 0 Å². The highest BCUT2D eigenvalue weighted by Gasteiger charge is 2.11. The first-order chi connectivity index (χ1) is 22.6. The molecule has 6 nitrogen and oxygen atoms in total. The van der Waals surface area contributed by atoms with Crippen LogP contribution in [-0.4, -0.2) is 26.6 Å². The maximum absolute atomic E-state index is 14.2. The Hall–Kier alpha value is -4.25. The summed E-state index contributed by atoms with van der Waals surface area (Å²) in [5.41, 5.74) is 3.35. The van der Waals surface area contributed by atoms with Crippen molar-refractivity contribution in [1.82, 2.24) is 9.97 Å². The number of carbonyl (C=O) groups excluding carboxylic acids is 2. The maximum atomic E-state index is 14.2. The van der Waals surface area contributed by atoms with E-state index in [4.69, 9.17) is 21.4 Å². The number of aromatic hydroxyl groups is 1. The quantitative estimate of drug-likeness (QED) is 0.153. The molecule has 0 radical (unpaired) electrons. The number of rotatable bonds is 10. The molecule has 0 saturated heterocycles. The molecule has 2 aromatic heterocycles. The van der Waals surface area contributed by atoms with E-state index in [9.17, 15) is 18.4 Å². The van der Waals surface area contributed by atoms with Gasteiger partial charge >= 0.3 is 0 Å². The first-order valence-corrected chi connectivity index (χ1v) is 17.0. The van der Waals surface area contributed by atoms with E-state index in [1.807, 2.05) is 55.5 Å². The Balaban J connectivity index is 0.000000176. The van der Waals surface area contributed by atoms with Gasteiger partial charge in [-0.1, -0.05) is 73.2 Å². The molecule has 1 N–H and O–H groups in total. The summed E-state index contributed by atoms with van der Waals surface area (Å²) in [5, 5.41) is 9.34. The average molecular weight is 695 g/mol. The summed E-state index contributed by atoms with van der Waals surface area (Å²) >= 11 is 8.57.